The maximum absolute atomic E-state index is 13.5. The molecule has 1 atom stereocenters. The number of nitrogens with one attached hydrogen (secondary N) is 3. The molecular formula is C35H29ClN4O3S2. The predicted octanol–water partition coefficient (Wildman–Crippen LogP) is 8.30. The number of hydrogen-bond donors (Lipinski definition) is 3. The Morgan fingerprint density at radius 2 is 1.64 bits per heavy atom. The largest absolute Gasteiger partial charge is 0.321 e. The number of anilines is 2. The van der Waals surface area contributed by atoms with Crippen LogP contribution in [-0.4, -0.2) is 28.0 Å². The molecule has 10 heteroatoms. The molecular weight excluding hydrogens is 624 g/mol. The minimum atomic E-state index is -0.478. The highest BCUT2D eigenvalue weighted by molar-refractivity contribution is 8.00. The van der Waals surface area contributed by atoms with Gasteiger partial charge in [-0.2, -0.15) is 0 Å². The van der Waals surface area contributed by atoms with E-state index in [-0.39, 0.29) is 11.6 Å². The lowest BCUT2D eigenvalue weighted by atomic mass is 10.1. The van der Waals surface area contributed by atoms with Crippen molar-refractivity contribution >= 4 is 69.3 Å². The molecule has 0 spiro atoms. The van der Waals surface area contributed by atoms with Crippen molar-refractivity contribution in [3.05, 3.63) is 136 Å². The Balaban J connectivity index is 1.25. The van der Waals surface area contributed by atoms with Crippen molar-refractivity contribution < 1.29 is 14.4 Å². The fourth-order valence-electron chi connectivity index (χ4n) is 4.26. The first-order valence-electron chi connectivity index (χ1n) is 14.0. The number of nitrogens with zero attached hydrogens (tertiary/aromatic N) is 1. The maximum atomic E-state index is 13.5. The lowest BCUT2D eigenvalue weighted by Gasteiger charge is -2.14. The minimum absolute atomic E-state index is 0.0988. The molecule has 5 rings (SSSR count). The van der Waals surface area contributed by atoms with Crippen LogP contribution in [0.2, 0.25) is 5.02 Å². The van der Waals surface area contributed by atoms with E-state index < -0.39 is 17.1 Å². The van der Waals surface area contributed by atoms with Crippen molar-refractivity contribution in [3.8, 4) is 11.3 Å². The summed E-state index contributed by atoms with van der Waals surface area (Å²) in [5, 5.41) is 11.1. The Kier molecular flexibility index (Phi) is 10.5. The van der Waals surface area contributed by atoms with Crippen LogP contribution >= 0.6 is 34.7 Å². The summed E-state index contributed by atoms with van der Waals surface area (Å²) in [7, 11) is 0. The van der Waals surface area contributed by atoms with Gasteiger partial charge >= 0.3 is 0 Å². The molecule has 1 heterocycles. The summed E-state index contributed by atoms with van der Waals surface area (Å²) in [4.78, 5) is 44.7. The van der Waals surface area contributed by atoms with Gasteiger partial charge in [-0.15, -0.1) is 23.1 Å². The van der Waals surface area contributed by atoms with Crippen LogP contribution in [0.25, 0.3) is 17.3 Å². The predicted molar refractivity (Wildman–Crippen MR) is 185 cm³/mol. The van der Waals surface area contributed by atoms with Gasteiger partial charge in [0, 0.05) is 32.1 Å². The Bertz CT molecular complexity index is 1860. The standard InChI is InChI=1S/C35H29ClN4O3S2/c1-22-8-6-9-24(18-22)19-30(38-33(42)26-10-4-3-5-11-26)34(43)37-28-12-7-13-29(20-28)45-23(2)32(41)40-35-39-31(21-44-35)25-14-16-27(36)17-15-25/h3-21,23H,1-2H3,(H,37,43)(H,38,42)(H,39,40,41)/b30-19+. The second-order valence-corrected chi connectivity index (χ2v) is 12.8. The quantitative estimate of drug-likeness (QED) is 0.104. The summed E-state index contributed by atoms with van der Waals surface area (Å²) >= 11 is 8.68. The summed E-state index contributed by atoms with van der Waals surface area (Å²) in [5.74, 6) is -1.07. The van der Waals surface area contributed by atoms with Gasteiger partial charge in [0.1, 0.15) is 5.70 Å². The zero-order valence-corrected chi connectivity index (χ0v) is 26.8. The van der Waals surface area contributed by atoms with E-state index in [1.54, 1.807) is 67.6 Å². The lowest BCUT2D eigenvalue weighted by Crippen LogP contribution is -2.30. The zero-order chi connectivity index (χ0) is 31.8. The van der Waals surface area contributed by atoms with E-state index in [0.29, 0.717) is 21.4 Å². The normalized spacial score (nSPS) is 11.8. The smallest absolute Gasteiger partial charge is 0.272 e. The van der Waals surface area contributed by atoms with E-state index in [1.165, 1.54) is 23.1 Å². The number of halogens is 1. The van der Waals surface area contributed by atoms with Crippen molar-refractivity contribution in [1.29, 1.82) is 0 Å². The number of rotatable bonds is 10. The average molecular weight is 653 g/mol. The first kappa shape index (κ1) is 31.7. The molecule has 0 fully saturated rings. The number of hydrogen-bond acceptors (Lipinski definition) is 6. The molecule has 0 aliphatic rings. The van der Waals surface area contributed by atoms with Gasteiger partial charge in [-0.3, -0.25) is 14.4 Å². The third kappa shape index (κ3) is 8.92. The average Bonchev–Trinajstić information content (AvgIpc) is 3.50. The fraction of sp³-hybridized carbons (Fsp3) is 0.0857. The van der Waals surface area contributed by atoms with Gasteiger partial charge in [-0.25, -0.2) is 4.98 Å². The number of thioether (sulfide) groups is 1. The van der Waals surface area contributed by atoms with Gasteiger partial charge in [0.15, 0.2) is 5.13 Å². The molecule has 4 aromatic carbocycles. The molecule has 0 saturated heterocycles. The van der Waals surface area contributed by atoms with Crippen molar-refractivity contribution in [1.82, 2.24) is 10.3 Å². The van der Waals surface area contributed by atoms with Crippen LogP contribution in [-0.2, 0) is 9.59 Å². The summed E-state index contributed by atoms with van der Waals surface area (Å²) in [6, 6.07) is 30.9. The Hall–Kier alpha value is -4.70. The highest BCUT2D eigenvalue weighted by atomic mass is 35.5. The highest BCUT2D eigenvalue weighted by Crippen LogP contribution is 2.29. The van der Waals surface area contributed by atoms with Crippen LogP contribution in [0, 0.1) is 6.92 Å². The summed E-state index contributed by atoms with van der Waals surface area (Å²) in [6.45, 7) is 3.76. The molecule has 1 aromatic heterocycles. The van der Waals surface area contributed by atoms with Crippen molar-refractivity contribution in [2.24, 2.45) is 0 Å². The molecule has 226 valence electrons. The summed E-state index contributed by atoms with van der Waals surface area (Å²) in [6.07, 6.45) is 1.64. The molecule has 0 saturated carbocycles. The second-order valence-electron chi connectivity index (χ2n) is 10.1. The van der Waals surface area contributed by atoms with Crippen molar-refractivity contribution in [3.63, 3.8) is 0 Å². The molecule has 45 heavy (non-hydrogen) atoms. The zero-order valence-electron chi connectivity index (χ0n) is 24.4. The van der Waals surface area contributed by atoms with E-state index in [2.05, 4.69) is 20.9 Å². The second kappa shape index (κ2) is 14.9. The van der Waals surface area contributed by atoms with Crippen molar-refractivity contribution in [2.45, 2.75) is 24.0 Å². The molecule has 0 aliphatic carbocycles. The lowest BCUT2D eigenvalue weighted by molar-refractivity contribution is -0.115. The van der Waals surface area contributed by atoms with E-state index in [1.807, 2.05) is 60.8 Å². The molecule has 0 radical (unpaired) electrons. The van der Waals surface area contributed by atoms with Gasteiger partial charge < -0.3 is 16.0 Å². The molecule has 3 amide bonds. The molecule has 0 bridgehead atoms. The third-order valence-electron chi connectivity index (χ3n) is 6.53. The Morgan fingerprint density at radius 3 is 2.40 bits per heavy atom. The van der Waals surface area contributed by atoms with E-state index in [4.69, 9.17) is 11.6 Å². The summed E-state index contributed by atoms with van der Waals surface area (Å²) < 4.78 is 0. The molecule has 0 aliphatic heterocycles. The topological polar surface area (TPSA) is 100 Å². The molecule has 7 nitrogen and oxygen atoms in total. The van der Waals surface area contributed by atoms with Crippen molar-refractivity contribution in [2.75, 3.05) is 10.6 Å². The van der Waals surface area contributed by atoms with Gasteiger partial charge in [-0.05, 0) is 68.0 Å². The third-order valence-corrected chi connectivity index (χ3v) is 8.63. The van der Waals surface area contributed by atoms with Crippen LogP contribution in [0.15, 0.2) is 119 Å². The maximum Gasteiger partial charge on any atom is 0.272 e. The number of amides is 3. The van der Waals surface area contributed by atoms with Gasteiger partial charge in [-0.1, -0.05) is 77.8 Å². The van der Waals surface area contributed by atoms with E-state index in [9.17, 15) is 14.4 Å². The van der Waals surface area contributed by atoms with Crippen LogP contribution in [0.5, 0.6) is 0 Å². The van der Waals surface area contributed by atoms with E-state index >= 15 is 0 Å². The number of carbonyl (C=O) groups is 3. The number of aromatic nitrogens is 1. The fourth-order valence-corrected chi connectivity index (χ4v) is 6.04. The molecule has 1 unspecified atom stereocenters. The number of benzene rings is 4. The van der Waals surface area contributed by atoms with Crippen LogP contribution < -0.4 is 16.0 Å². The number of carbonyl (C=O) groups excluding carboxylic acids is 3. The van der Waals surface area contributed by atoms with Crippen LogP contribution in [0.3, 0.4) is 0 Å². The Morgan fingerprint density at radius 1 is 0.889 bits per heavy atom. The Labute approximate surface area is 274 Å². The van der Waals surface area contributed by atoms with Gasteiger partial charge in [0.05, 0.1) is 10.9 Å². The van der Waals surface area contributed by atoms with Crippen LogP contribution in [0.1, 0.15) is 28.4 Å². The SMILES string of the molecule is Cc1cccc(/C=C(/NC(=O)c2ccccc2)C(=O)Nc2cccc(SC(C)C(=O)Nc3nc(-c4ccc(Cl)cc4)cs3)c2)c1. The minimum Gasteiger partial charge on any atom is -0.321 e. The molecule has 5 aromatic rings. The van der Waals surface area contributed by atoms with Gasteiger partial charge in [0.2, 0.25) is 5.91 Å². The number of aryl methyl sites for hydroxylation is 1. The van der Waals surface area contributed by atoms with Gasteiger partial charge in [0.25, 0.3) is 11.8 Å². The number of thiazole rings is 1. The van der Waals surface area contributed by atoms with Crippen LogP contribution in [0.4, 0.5) is 10.8 Å². The molecule has 3 N–H and O–H groups in total. The van der Waals surface area contributed by atoms with E-state index in [0.717, 1.165) is 27.3 Å². The highest BCUT2D eigenvalue weighted by Gasteiger charge is 2.18. The summed E-state index contributed by atoms with van der Waals surface area (Å²) in [5.41, 5.74) is 4.53. The first-order valence-corrected chi connectivity index (χ1v) is 16.1. The monoisotopic (exact) mass is 652 g/mol. The first-order chi connectivity index (χ1) is 21.7.